The van der Waals surface area contributed by atoms with E-state index in [-0.39, 0.29) is 54.1 Å². The summed E-state index contributed by atoms with van der Waals surface area (Å²) in [6.45, 7) is 10.7. The highest BCUT2D eigenvalue weighted by atomic mass is 32.1. The minimum absolute atomic E-state index is 0.0291. The molecule has 0 spiro atoms. The third-order valence-electron chi connectivity index (χ3n) is 10.2. The fourth-order valence-corrected chi connectivity index (χ4v) is 7.28. The van der Waals surface area contributed by atoms with Crippen molar-refractivity contribution in [1.82, 2.24) is 31.0 Å². The number of nitrogens with one attached hydrogen (secondary N) is 3. The third kappa shape index (κ3) is 11.3. The molecule has 7 unspecified atom stereocenters. The molecule has 13 nitrogen and oxygen atoms in total. The zero-order chi connectivity index (χ0) is 37.7. The second-order valence-corrected chi connectivity index (χ2v) is 14.8. The second kappa shape index (κ2) is 20.0. The van der Waals surface area contributed by atoms with Crippen LogP contribution in [0.25, 0.3) is 0 Å². The molecule has 3 heterocycles. The molecule has 5 N–H and O–H groups in total. The van der Waals surface area contributed by atoms with Crippen LogP contribution >= 0.6 is 11.3 Å². The van der Waals surface area contributed by atoms with Crippen molar-refractivity contribution in [3.05, 3.63) is 52.5 Å². The first kappa shape index (κ1) is 42.0. The van der Waals surface area contributed by atoms with Crippen molar-refractivity contribution in [2.45, 2.75) is 109 Å². The topological polar surface area (TPSA) is 168 Å². The quantitative estimate of drug-likeness (QED) is 0.191. The number of nitrogens with two attached hydrogens (primary N) is 1. The Labute approximate surface area is 307 Å². The first-order valence-electron chi connectivity index (χ1n) is 17.9. The number of rotatable bonds is 17. The predicted octanol–water partition coefficient (Wildman–Crippen LogP) is 3.21. The van der Waals surface area contributed by atoms with E-state index in [0.717, 1.165) is 29.8 Å². The molecule has 284 valence electrons. The first-order valence-corrected chi connectivity index (χ1v) is 18.8. The van der Waals surface area contributed by atoms with Crippen molar-refractivity contribution >= 4 is 35.0 Å². The van der Waals surface area contributed by atoms with Gasteiger partial charge in [-0.1, -0.05) is 57.5 Å². The number of hydrazine groups is 1. The molecular weight excluding hydrogens is 671 g/mol. The van der Waals surface area contributed by atoms with E-state index in [1.165, 1.54) is 11.3 Å². The van der Waals surface area contributed by atoms with Gasteiger partial charge < -0.3 is 30.7 Å². The van der Waals surface area contributed by atoms with E-state index in [1.807, 2.05) is 47.5 Å². The number of likely N-dealkylation sites (tertiary alicyclic amines) is 1. The van der Waals surface area contributed by atoms with Gasteiger partial charge in [0, 0.05) is 45.3 Å². The number of likely N-dealkylation sites (N-methyl/N-ethyl adjacent to an activating group) is 1. The molecule has 4 rings (SSSR count). The molecule has 4 amide bonds. The molecule has 0 aliphatic carbocycles. The lowest BCUT2D eigenvalue weighted by molar-refractivity contribution is -0.146. The number of methoxy groups -OCH3 is 2. The van der Waals surface area contributed by atoms with Gasteiger partial charge in [0.2, 0.25) is 23.6 Å². The number of aromatic nitrogens is 1. The smallest absolute Gasteiger partial charge is 0.238 e. The number of carbonyl (C=O) groups excluding carboxylic acids is 4. The zero-order valence-corrected chi connectivity index (χ0v) is 32.3. The van der Waals surface area contributed by atoms with E-state index in [0.29, 0.717) is 25.9 Å². The molecule has 2 aliphatic heterocycles. The summed E-state index contributed by atoms with van der Waals surface area (Å²) in [6, 6.07) is 9.28. The van der Waals surface area contributed by atoms with Gasteiger partial charge in [-0.3, -0.25) is 24.2 Å². The van der Waals surface area contributed by atoms with Crippen molar-refractivity contribution < 1.29 is 28.7 Å². The van der Waals surface area contributed by atoms with Crippen molar-refractivity contribution in [3.63, 3.8) is 0 Å². The molecule has 51 heavy (non-hydrogen) atoms. The van der Waals surface area contributed by atoms with Crippen LogP contribution in [0.15, 0.2) is 41.9 Å². The van der Waals surface area contributed by atoms with Gasteiger partial charge in [0.25, 0.3) is 0 Å². The van der Waals surface area contributed by atoms with Gasteiger partial charge in [0.1, 0.15) is 5.01 Å². The molecule has 0 bridgehead atoms. The number of benzene rings is 1. The molecule has 2 saturated heterocycles. The monoisotopic (exact) mass is 729 g/mol. The Morgan fingerprint density at radius 2 is 1.86 bits per heavy atom. The van der Waals surface area contributed by atoms with E-state index < -0.39 is 23.7 Å². The molecule has 7 atom stereocenters. The van der Waals surface area contributed by atoms with Crippen LogP contribution in [-0.4, -0.2) is 103 Å². The Hall–Kier alpha value is -3.43. The minimum atomic E-state index is -0.569. The van der Waals surface area contributed by atoms with E-state index in [1.54, 1.807) is 46.3 Å². The summed E-state index contributed by atoms with van der Waals surface area (Å²) < 4.78 is 11.8. The molecule has 1 aromatic carbocycles. The summed E-state index contributed by atoms with van der Waals surface area (Å²) in [6.07, 6.45) is 4.46. The molecule has 2 fully saturated rings. The van der Waals surface area contributed by atoms with Crippen molar-refractivity contribution in [3.8, 4) is 0 Å². The highest BCUT2D eigenvalue weighted by Gasteiger charge is 2.43. The van der Waals surface area contributed by atoms with Crippen LogP contribution < -0.4 is 21.8 Å². The Morgan fingerprint density at radius 3 is 2.37 bits per heavy atom. The number of thiazole rings is 1. The molecule has 2 aliphatic rings. The van der Waals surface area contributed by atoms with Crippen LogP contribution in [0, 0.1) is 11.8 Å². The Bertz CT molecular complexity index is 1390. The lowest BCUT2D eigenvalue weighted by atomic mass is 9.91. The summed E-state index contributed by atoms with van der Waals surface area (Å²) in [4.78, 5) is 56.9. The first-order chi connectivity index (χ1) is 24.3. The second-order valence-electron chi connectivity index (χ2n) is 13.9. The number of amides is 4. The van der Waals surface area contributed by atoms with Crippen molar-refractivity contribution in [1.29, 1.82) is 0 Å². The minimum Gasteiger partial charge on any atom is -0.379 e. The van der Waals surface area contributed by atoms with Gasteiger partial charge in [-0.15, -0.1) is 11.3 Å². The molecule has 2 aromatic rings. The number of hydrogen-bond acceptors (Lipinski definition) is 10. The maximum Gasteiger partial charge on any atom is 0.238 e. The van der Waals surface area contributed by atoms with Gasteiger partial charge in [-0.25, -0.2) is 10.4 Å². The Morgan fingerprint density at radius 1 is 1.16 bits per heavy atom. The predicted molar refractivity (Wildman–Crippen MR) is 198 cm³/mol. The highest BCUT2D eigenvalue weighted by Crippen LogP contribution is 2.30. The summed E-state index contributed by atoms with van der Waals surface area (Å²) in [7, 11) is 4.91. The number of primary amides is 1. The molecule has 1 aromatic heterocycles. The average Bonchev–Trinajstić information content (AvgIpc) is 3.92. The molecule has 14 heteroatoms. The summed E-state index contributed by atoms with van der Waals surface area (Å²) in [5, 5.41) is 10.4. The Kier molecular flexibility index (Phi) is 16.4. The summed E-state index contributed by atoms with van der Waals surface area (Å²) in [5.41, 5.74) is 8.72. The maximum absolute atomic E-state index is 13.8. The van der Waals surface area contributed by atoms with E-state index >= 15 is 0 Å². The lowest BCUT2D eigenvalue weighted by Crippen LogP contribution is -2.55. The fourth-order valence-electron chi connectivity index (χ4n) is 6.60. The lowest BCUT2D eigenvalue weighted by Gasteiger charge is -2.39. The largest absolute Gasteiger partial charge is 0.379 e. The van der Waals surface area contributed by atoms with Gasteiger partial charge in [-0.2, -0.15) is 0 Å². The van der Waals surface area contributed by atoms with Gasteiger partial charge >= 0.3 is 0 Å². The van der Waals surface area contributed by atoms with E-state index in [4.69, 9.17) is 15.2 Å². The van der Waals surface area contributed by atoms with Crippen LogP contribution in [0.4, 0.5) is 0 Å². The normalized spacial score (nSPS) is 19.8. The number of hydrogen-bond donors (Lipinski definition) is 4. The number of carbonyl (C=O) groups is 4. The highest BCUT2D eigenvalue weighted by molar-refractivity contribution is 7.09. The molecule has 0 radical (unpaired) electrons. The Balaban J connectivity index is 0.000000783. The van der Waals surface area contributed by atoms with Crippen LogP contribution in [0.2, 0.25) is 0 Å². The molecule has 0 saturated carbocycles. The third-order valence-corrected chi connectivity index (χ3v) is 11.1. The van der Waals surface area contributed by atoms with Crippen LogP contribution in [0.5, 0.6) is 0 Å². The van der Waals surface area contributed by atoms with Crippen molar-refractivity contribution in [2.24, 2.45) is 17.6 Å². The number of ether oxygens (including phenoxy) is 2. The van der Waals surface area contributed by atoms with E-state index in [2.05, 4.69) is 34.9 Å². The summed E-state index contributed by atoms with van der Waals surface area (Å²) in [5.74, 6) is -0.847. The van der Waals surface area contributed by atoms with Crippen molar-refractivity contribution in [2.75, 3.05) is 34.4 Å². The molecular formula is C37H59N7O6S. The van der Waals surface area contributed by atoms with Crippen LogP contribution in [0.1, 0.15) is 83.3 Å². The van der Waals surface area contributed by atoms with Gasteiger partial charge in [-0.05, 0) is 51.6 Å². The average molecular weight is 730 g/mol. The fraction of sp³-hybridized carbons (Fsp3) is 0.649. The maximum atomic E-state index is 13.8. The zero-order valence-electron chi connectivity index (χ0n) is 31.5. The van der Waals surface area contributed by atoms with Gasteiger partial charge in [0.15, 0.2) is 0 Å². The van der Waals surface area contributed by atoms with E-state index in [9.17, 15) is 19.2 Å². The summed E-state index contributed by atoms with van der Waals surface area (Å²) >= 11 is 1.52. The van der Waals surface area contributed by atoms with Crippen LogP contribution in [0.3, 0.4) is 0 Å². The standard InChI is InChI=1S/C32H47N5O5S.C5H12N2O/c1-6-21(2)29(37-27(38)14-15-34-37)26(41-4)20-28(39)36-17-10-13-25(36)30(42-5)22(3)31(40)35-24(32-33-16-18-43-32)19-23-11-8-7-9-12-23;1-5(2,7-3)4(6)8/h7-9,11-12,16,18,21-22,24-26,29-30,34H,6,10,13-15,17,19-20H2,1-5H3,(H,35,40);7H,1-3H3,(H2,6,8). The SMILES string of the molecule is CCC(C)C(C(CC(=O)N1CCCC1C(OC)C(C)C(=O)NC(Cc1ccccc1)c1nccs1)OC)N1NCCC1=O.CNC(C)(C)C(N)=O. The van der Waals surface area contributed by atoms with Crippen LogP contribution in [-0.2, 0) is 35.1 Å². The number of nitrogens with zero attached hydrogens (tertiary/aromatic N) is 3. The van der Waals surface area contributed by atoms with Gasteiger partial charge in [0.05, 0.1) is 48.2 Å².